The van der Waals surface area contributed by atoms with Crippen LogP contribution in [-0.4, -0.2) is 23.0 Å². The molecule has 1 aliphatic rings. The molecule has 0 aliphatic heterocycles. The number of halogens is 4. The van der Waals surface area contributed by atoms with E-state index in [1.54, 1.807) is 42.6 Å². The van der Waals surface area contributed by atoms with Gasteiger partial charge in [-0.1, -0.05) is 76.1 Å². The number of aromatic nitrogens is 2. The van der Waals surface area contributed by atoms with E-state index in [-0.39, 0.29) is 18.1 Å². The highest BCUT2D eigenvalue weighted by Crippen LogP contribution is 2.36. The third kappa shape index (κ3) is 6.27. The number of methoxy groups -OCH3 is 1. The summed E-state index contributed by atoms with van der Waals surface area (Å²) in [6.07, 6.45) is 6.87. The quantitative estimate of drug-likeness (QED) is 0.188. The minimum atomic E-state index is -0.234. The van der Waals surface area contributed by atoms with E-state index in [1.165, 1.54) is 18.2 Å². The van der Waals surface area contributed by atoms with Crippen molar-refractivity contribution in [3.05, 3.63) is 95.4 Å². The summed E-state index contributed by atoms with van der Waals surface area (Å²) in [5.41, 5.74) is 1.72. The van der Waals surface area contributed by atoms with E-state index < -0.39 is 0 Å². The van der Waals surface area contributed by atoms with Crippen molar-refractivity contribution in [2.75, 3.05) is 7.11 Å². The van der Waals surface area contributed by atoms with E-state index in [4.69, 9.17) is 49.3 Å². The fraction of sp³-hybridized carbons (Fsp3) is 0.276. The number of benzene rings is 3. The van der Waals surface area contributed by atoms with Gasteiger partial charge in [-0.05, 0) is 49.2 Å². The van der Waals surface area contributed by atoms with Crippen molar-refractivity contribution in [1.82, 2.24) is 9.66 Å². The van der Waals surface area contributed by atoms with E-state index in [0.29, 0.717) is 48.9 Å². The van der Waals surface area contributed by atoms with Crippen LogP contribution in [0.3, 0.4) is 0 Å². The average Bonchev–Trinajstić information content (AvgIpc) is 2.93. The number of hydrogen-bond acceptors (Lipinski definition) is 5. The van der Waals surface area contributed by atoms with Gasteiger partial charge in [-0.2, -0.15) is 9.78 Å². The highest BCUT2D eigenvalue weighted by molar-refractivity contribution is 9.10. The van der Waals surface area contributed by atoms with Crippen LogP contribution in [-0.2, 0) is 6.61 Å². The molecule has 0 amide bonds. The molecule has 0 saturated heterocycles. The van der Waals surface area contributed by atoms with Gasteiger partial charge in [-0.3, -0.25) is 4.79 Å². The van der Waals surface area contributed by atoms with E-state index in [2.05, 4.69) is 21.0 Å². The lowest BCUT2D eigenvalue weighted by Gasteiger charge is -2.23. The molecule has 0 spiro atoms. The molecular weight excluding hydrogens is 625 g/mol. The average molecular weight is 650 g/mol. The number of rotatable bonds is 7. The molecule has 6 nitrogen and oxygen atoms in total. The van der Waals surface area contributed by atoms with Gasteiger partial charge in [0.25, 0.3) is 5.56 Å². The van der Waals surface area contributed by atoms with Crippen molar-refractivity contribution >= 4 is 67.9 Å². The monoisotopic (exact) mass is 647 g/mol. The lowest BCUT2D eigenvalue weighted by Crippen LogP contribution is -2.25. The zero-order valence-electron chi connectivity index (χ0n) is 21.1. The predicted octanol–water partition coefficient (Wildman–Crippen LogP) is 8.64. The van der Waals surface area contributed by atoms with Crippen LogP contribution in [0.1, 0.15) is 55.0 Å². The van der Waals surface area contributed by atoms with Crippen molar-refractivity contribution in [1.29, 1.82) is 0 Å². The molecule has 1 saturated carbocycles. The first kappa shape index (κ1) is 28.0. The number of nitrogens with zero attached hydrogens (tertiary/aromatic N) is 3. The summed E-state index contributed by atoms with van der Waals surface area (Å²) >= 11 is 22.3. The molecule has 1 heterocycles. The molecule has 39 heavy (non-hydrogen) atoms. The second kappa shape index (κ2) is 12.3. The Morgan fingerprint density at radius 1 is 1.05 bits per heavy atom. The summed E-state index contributed by atoms with van der Waals surface area (Å²) in [5, 5.41) is 6.60. The fourth-order valence-corrected chi connectivity index (χ4v) is 5.84. The van der Waals surface area contributed by atoms with E-state index >= 15 is 0 Å². The highest BCUT2D eigenvalue weighted by Gasteiger charge is 2.23. The molecule has 202 valence electrons. The van der Waals surface area contributed by atoms with Gasteiger partial charge in [0.15, 0.2) is 11.5 Å². The summed E-state index contributed by atoms with van der Waals surface area (Å²) in [4.78, 5) is 18.6. The number of fused-ring (bicyclic) bond motifs is 1. The minimum Gasteiger partial charge on any atom is -0.493 e. The maximum Gasteiger partial charge on any atom is 0.282 e. The van der Waals surface area contributed by atoms with Gasteiger partial charge < -0.3 is 9.47 Å². The lowest BCUT2D eigenvalue weighted by atomic mass is 9.88. The maximum atomic E-state index is 13.7. The second-order valence-electron chi connectivity index (χ2n) is 9.38. The Labute approximate surface area is 249 Å². The van der Waals surface area contributed by atoms with Gasteiger partial charge in [-0.15, -0.1) is 0 Å². The summed E-state index contributed by atoms with van der Waals surface area (Å²) in [5.74, 6) is 1.65. The first-order valence-corrected chi connectivity index (χ1v) is 14.5. The van der Waals surface area contributed by atoms with Gasteiger partial charge in [0, 0.05) is 42.7 Å². The molecule has 10 heteroatoms. The van der Waals surface area contributed by atoms with E-state index in [0.717, 1.165) is 35.7 Å². The Morgan fingerprint density at radius 2 is 1.85 bits per heavy atom. The Hall–Kier alpha value is -2.58. The highest BCUT2D eigenvalue weighted by atomic mass is 79.9. The Morgan fingerprint density at radius 3 is 2.59 bits per heavy atom. The first-order chi connectivity index (χ1) is 18.8. The van der Waals surface area contributed by atoms with Crippen LogP contribution in [0.4, 0.5) is 0 Å². The Balaban J connectivity index is 1.58. The molecule has 0 radical (unpaired) electrons. The summed E-state index contributed by atoms with van der Waals surface area (Å²) in [6, 6.07) is 14.1. The summed E-state index contributed by atoms with van der Waals surface area (Å²) in [6.45, 7) is 0.160. The number of ether oxygens (including phenoxy) is 2. The van der Waals surface area contributed by atoms with Gasteiger partial charge in [-0.25, -0.2) is 4.98 Å². The third-order valence-electron chi connectivity index (χ3n) is 6.77. The normalized spacial score (nSPS) is 14.3. The molecule has 0 N–H and O–H groups in total. The molecule has 1 aliphatic carbocycles. The molecule has 0 unspecified atom stereocenters. The van der Waals surface area contributed by atoms with Crippen LogP contribution in [0.2, 0.25) is 15.1 Å². The van der Waals surface area contributed by atoms with Crippen LogP contribution in [0.25, 0.3) is 10.9 Å². The predicted molar refractivity (Wildman–Crippen MR) is 161 cm³/mol. The Kier molecular flexibility index (Phi) is 8.82. The van der Waals surface area contributed by atoms with Crippen molar-refractivity contribution in [2.45, 2.75) is 44.6 Å². The Bertz CT molecular complexity index is 1620. The van der Waals surface area contributed by atoms with Crippen molar-refractivity contribution in [2.24, 2.45) is 5.10 Å². The van der Waals surface area contributed by atoms with Gasteiger partial charge >= 0.3 is 0 Å². The maximum absolute atomic E-state index is 13.7. The lowest BCUT2D eigenvalue weighted by molar-refractivity contribution is 0.284. The van der Waals surface area contributed by atoms with Crippen LogP contribution < -0.4 is 15.0 Å². The summed E-state index contributed by atoms with van der Waals surface area (Å²) < 4.78 is 13.9. The SMILES string of the molecule is COc1cc(Cl)cc(C=Nn2c(C3CCCCC3)nc3ccc(Br)cc3c2=O)c1OCc1ccc(Cl)cc1Cl. The zero-order valence-corrected chi connectivity index (χ0v) is 24.9. The molecule has 3 aromatic carbocycles. The van der Waals surface area contributed by atoms with Gasteiger partial charge in [0.1, 0.15) is 12.4 Å². The number of hydrogen-bond donors (Lipinski definition) is 0. The van der Waals surface area contributed by atoms with Gasteiger partial charge in [0.2, 0.25) is 0 Å². The molecule has 0 bridgehead atoms. The first-order valence-electron chi connectivity index (χ1n) is 12.5. The molecule has 0 atom stereocenters. The molecule has 4 aromatic rings. The molecular formula is C29H25BrCl3N3O3. The smallest absolute Gasteiger partial charge is 0.282 e. The minimum absolute atomic E-state index is 0.147. The van der Waals surface area contributed by atoms with Crippen LogP contribution in [0.15, 0.2) is 62.9 Å². The fourth-order valence-electron chi connectivity index (χ4n) is 4.80. The van der Waals surface area contributed by atoms with Crippen molar-refractivity contribution in [3.63, 3.8) is 0 Å². The van der Waals surface area contributed by atoms with Crippen LogP contribution >= 0.6 is 50.7 Å². The van der Waals surface area contributed by atoms with Crippen LogP contribution in [0, 0.1) is 0 Å². The van der Waals surface area contributed by atoms with E-state index in [9.17, 15) is 4.79 Å². The summed E-state index contributed by atoms with van der Waals surface area (Å²) in [7, 11) is 1.53. The van der Waals surface area contributed by atoms with Crippen LogP contribution in [0.5, 0.6) is 11.5 Å². The third-order valence-corrected chi connectivity index (χ3v) is 8.07. The van der Waals surface area contributed by atoms with Gasteiger partial charge in [0.05, 0.1) is 24.2 Å². The zero-order chi connectivity index (χ0) is 27.5. The standard InChI is InChI=1S/C29H25BrCl3N3O3/c1-38-26-14-22(32)11-19(27(26)39-16-18-7-9-21(31)13-24(18)33)15-34-36-28(17-5-3-2-4-6-17)35-25-10-8-20(30)12-23(25)29(36)37/h7-15,17H,2-6,16H2,1H3. The largest absolute Gasteiger partial charge is 0.493 e. The molecule has 1 fully saturated rings. The second-order valence-corrected chi connectivity index (χ2v) is 11.6. The van der Waals surface area contributed by atoms with E-state index in [1.807, 2.05) is 12.1 Å². The molecule has 5 rings (SSSR count). The topological polar surface area (TPSA) is 65.7 Å². The molecule has 1 aromatic heterocycles. The van der Waals surface area contributed by atoms with Crippen molar-refractivity contribution in [3.8, 4) is 11.5 Å². The van der Waals surface area contributed by atoms with Crippen molar-refractivity contribution < 1.29 is 9.47 Å².